The molecule has 0 heterocycles. The summed E-state index contributed by atoms with van der Waals surface area (Å²) in [6.07, 6.45) is 2.12. The molecule has 1 amide bonds. The zero-order valence-electron chi connectivity index (χ0n) is 7.59. The first kappa shape index (κ1) is 9.34. The van der Waals surface area contributed by atoms with Crippen LogP contribution in [0, 0.1) is 0 Å². The third kappa shape index (κ3) is 1.99. The van der Waals surface area contributed by atoms with Gasteiger partial charge in [0.1, 0.15) is 0 Å². The van der Waals surface area contributed by atoms with Crippen molar-refractivity contribution in [2.75, 3.05) is 5.73 Å². The first-order valence-electron chi connectivity index (χ1n) is 4.52. The number of halogens is 1. The van der Waals surface area contributed by atoms with Crippen molar-refractivity contribution >= 4 is 23.2 Å². The fraction of sp³-hybridized carbons (Fsp3) is 0.300. The second kappa shape index (κ2) is 3.50. The number of hydrogen-bond acceptors (Lipinski definition) is 2. The molecule has 1 aromatic rings. The lowest BCUT2D eigenvalue weighted by Gasteiger charge is -2.06. The summed E-state index contributed by atoms with van der Waals surface area (Å²) in [6, 6.07) is 5.24. The largest absolute Gasteiger partial charge is 0.398 e. The van der Waals surface area contributed by atoms with Crippen LogP contribution in [0.4, 0.5) is 5.69 Å². The number of amides is 1. The van der Waals surface area contributed by atoms with Crippen molar-refractivity contribution in [3.05, 3.63) is 28.8 Å². The van der Waals surface area contributed by atoms with E-state index in [9.17, 15) is 4.79 Å². The molecule has 0 saturated heterocycles. The Hall–Kier alpha value is -1.22. The molecule has 0 aliphatic heterocycles. The Morgan fingerprint density at radius 3 is 2.86 bits per heavy atom. The Morgan fingerprint density at radius 2 is 2.21 bits per heavy atom. The van der Waals surface area contributed by atoms with Gasteiger partial charge in [0.05, 0.1) is 5.56 Å². The minimum absolute atomic E-state index is 0.132. The first-order chi connectivity index (χ1) is 6.66. The standard InChI is InChI=1S/C10H11ClN2O/c11-6-1-4-9(12)8(5-6)10(14)13-7-2-3-7/h1,4-5,7H,2-3,12H2,(H,13,14). The SMILES string of the molecule is Nc1ccc(Cl)cc1C(=O)NC1CC1. The van der Waals surface area contributed by atoms with Gasteiger partial charge in [0.2, 0.25) is 0 Å². The molecule has 0 aromatic heterocycles. The molecule has 0 atom stereocenters. The van der Waals surface area contributed by atoms with E-state index in [0.29, 0.717) is 22.3 Å². The Morgan fingerprint density at radius 1 is 1.50 bits per heavy atom. The predicted molar refractivity (Wildman–Crippen MR) is 56.4 cm³/mol. The number of benzene rings is 1. The maximum Gasteiger partial charge on any atom is 0.253 e. The van der Waals surface area contributed by atoms with Crippen LogP contribution in [0.5, 0.6) is 0 Å². The highest BCUT2D eigenvalue weighted by Gasteiger charge is 2.24. The van der Waals surface area contributed by atoms with E-state index in [1.54, 1.807) is 18.2 Å². The van der Waals surface area contributed by atoms with Crippen molar-refractivity contribution in [1.29, 1.82) is 0 Å². The lowest BCUT2D eigenvalue weighted by molar-refractivity contribution is 0.0952. The Labute approximate surface area is 87.2 Å². The number of hydrogen-bond donors (Lipinski definition) is 2. The molecule has 1 aliphatic carbocycles. The molecule has 3 nitrogen and oxygen atoms in total. The highest BCUT2D eigenvalue weighted by molar-refractivity contribution is 6.31. The maximum atomic E-state index is 11.6. The molecular formula is C10H11ClN2O. The van der Waals surface area contributed by atoms with Crippen molar-refractivity contribution in [1.82, 2.24) is 5.32 Å². The number of carbonyl (C=O) groups excluding carboxylic acids is 1. The number of carbonyl (C=O) groups is 1. The number of nitrogens with two attached hydrogens (primary N) is 1. The molecular weight excluding hydrogens is 200 g/mol. The van der Waals surface area contributed by atoms with Gasteiger partial charge in [-0.3, -0.25) is 4.79 Å². The third-order valence-corrected chi connectivity index (χ3v) is 2.41. The number of nitrogen functional groups attached to an aromatic ring is 1. The van der Waals surface area contributed by atoms with Crippen molar-refractivity contribution < 1.29 is 4.79 Å². The predicted octanol–water partition coefficient (Wildman–Crippen LogP) is 1.81. The van der Waals surface area contributed by atoms with Gasteiger partial charge in [-0.05, 0) is 31.0 Å². The summed E-state index contributed by atoms with van der Waals surface area (Å²) in [5, 5.41) is 3.39. The molecule has 1 aliphatic rings. The van der Waals surface area contributed by atoms with Gasteiger partial charge in [-0.1, -0.05) is 11.6 Å². The summed E-state index contributed by atoms with van der Waals surface area (Å²) in [5.41, 5.74) is 6.59. The van der Waals surface area contributed by atoms with Crippen LogP contribution < -0.4 is 11.1 Å². The topological polar surface area (TPSA) is 55.1 Å². The summed E-state index contributed by atoms with van der Waals surface area (Å²) >= 11 is 5.78. The summed E-state index contributed by atoms with van der Waals surface area (Å²) in [5.74, 6) is -0.132. The Balaban J connectivity index is 2.20. The van der Waals surface area contributed by atoms with Crippen molar-refractivity contribution in [2.24, 2.45) is 0 Å². The van der Waals surface area contributed by atoms with Crippen LogP contribution in [0.2, 0.25) is 5.02 Å². The number of rotatable bonds is 2. The third-order valence-electron chi connectivity index (χ3n) is 2.17. The molecule has 2 rings (SSSR count). The molecule has 0 spiro atoms. The number of anilines is 1. The van der Waals surface area contributed by atoms with Gasteiger partial charge in [-0.2, -0.15) is 0 Å². The van der Waals surface area contributed by atoms with Gasteiger partial charge in [-0.15, -0.1) is 0 Å². The van der Waals surface area contributed by atoms with Crippen molar-refractivity contribution in [3.63, 3.8) is 0 Å². The van der Waals surface area contributed by atoms with Crippen LogP contribution in [0.3, 0.4) is 0 Å². The molecule has 14 heavy (non-hydrogen) atoms. The quantitative estimate of drug-likeness (QED) is 0.732. The lowest BCUT2D eigenvalue weighted by atomic mass is 10.1. The number of nitrogens with one attached hydrogen (secondary N) is 1. The van der Waals surface area contributed by atoms with Crippen LogP contribution in [0.15, 0.2) is 18.2 Å². The highest BCUT2D eigenvalue weighted by atomic mass is 35.5. The normalized spacial score (nSPS) is 15.2. The minimum Gasteiger partial charge on any atom is -0.398 e. The molecule has 1 fully saturated rings. The molecule has 3 N–H and O–H groups in total. The van der Waals surface area contributed by atoms with Crippen LogP contribution in [0.1, 0.15) is 23.2 Å². The maximum absolute atomic E-state index is 11.6. The summed E-state index contributed by atoms with van der Waals surface area (Å²) in [6.45, 7) is 0. The van der Waals surface area contributed by atoms with Crippen LogP contribution in [-0.4, -0.2) is 11.9 Å². The van der Waals surface area contributed by atoms with Gasteiger partial charge in [-0.25, -0.2) is 0 Å². The molecule has 4 heteroatoms. The van der Waals surface area contributed by atoms with E-state index >= 15 is 0 Å². The zero-order chi connectivity index (χ0) is 10.1. The summed E-state index contributed by atoms with van der Waals surface area (Å²) in [7, 11) is 0. The lowest BCUT2D eigenvalue weighted by Crippen LogP contribution is -2.26. The van der Waals surface area contributed by atoms with E-state index < -0.39 is 0 Å². The first-order valence-corrected chi connectivity index (χ1v) is 4.90. The average molecular weight is 211 g/mol. The highest BCUT2D eigenvalue weighted by Crippen LogP contribution is 2.22. The van der Waals surface area contributed by atoms with Gasteiger partial charge in [0, 0.05) is 16.8 Å². The minimum atomic E-state index is -0.132. The van der Waals surface area contributed by atoms with E-state index in [4.69, 9.17) is 17.3 Å². The van der Waals surface area contributed by atoms with E-state index in [2.05, 4.69) is 5.32 Å². The monoisotopic (exact) mass is 210 g/mol. The summed E-state index contributed by atoms with van der Waals surface area (Å²) in [4.78, 5) is 11.6. The molecule has 0 bridgehead atoms. The van der Waals surface area contributed by atoms with E-state index in [1.165, 1.54) is 0 Å². The molecule has 1 aromatic carbocycles. The fourth-order valence-corrected chi connectivity index (χ4v) is 1.39. The van der Waals surface area contributed by atoms with Crippen LogP contribution >= 0.6 is 11.6 Å². The van der Waals surface area contributed by atoms with E-state index in [-0.39, 0.29) is 5.91 Å². The second-order valence-corrected chi connectivity index (χ2v) is 3.92. The van der Waals surface area contributed by atoms with Crippen LogP contribution in [0.25, 0.3) is 0 Å². The molecule has 74 valence electrons. The van der Waals surface area contributed by atoms with Gasteiger partial charge < -0.3 is 11.1 Å². The van der Waals surface area contributed by atoms with Crippen molar-refractivity contribution in [3.8, 4) is 0 Å². The zero-order valence-corrected chi connectivity index (χ0v) is 8.34. The van der Waals surface area contributed by atoms with E-state index in [1.807, 2.05) is 0 Å². The Bertz CT molecular complexity index is 374. The van der Waals surface area contributed by atoms with E-state index in [0.717, 1.165) is 12.8 Å². The fourth-order valence-electron chi connectivity index (χ4n) is 1.22. The van der Waals surface area contributed by atoms with Crippen molar-refractivity contribution in [2.45, 2.75) is 18.9 Å². The van der Waals surface area contributed by atoms with Gasteiger partial charge >= 0.3 is 0 Å². The second-order valence-electron chi connectivity index (χ2n) is 3.48. The molecule has 1 saturated carbocycles. The molecule has 0 unspecified atom stereocenters. The average Bonchev–Trinajstić information content (AvgIpc) is 2.93. The molecule has 0 radical (unpaired) electrons. The smallest absolute Gasteiger partial charge is 0.253 e. The van der Waals surface area contributed by atoms with Crippen LogP contribution in [-0.2, 0) is 0 Å². The van der Waals surface area contributed by atoms with Gasteiger partial charge in [0.15, 0.2) is 0 Å². The van der Waals surface area contributed by atoms with Gasteiger partial charge in [0.25, 0.3) is 5.91 Å². The Kier molecular flexibility index (Phi) is 2.33. The summed E-state index contributed by atoms with van der Waals surface area (Å²) < 4.78 is 0.